The van der Waals surface area contributed by atoms with Crippen LogP contribution in [0, 0.1) is 0 Å². The van der Waals surface area contributed by atoms with Crippen molar-refractivity contribution in [3.8, 4) is 0 Å². The summed E-state index contributed by atoms with van der Waals surface area (Å²) in [7, 11) is -2.57. The van der Waals surface area contributed by atoms with Crippen LogP contribution in [0.5, 0.6) is 0 Å². The predicted molar refractivity (Wildman–Crippen MR) is 120 cm³/mol. The molecule has 0 aromatic carbocycles. The van der Waals surface area contributed by atoms with E-state index < -0.39 is 16.5 Å². The molecule has 0 amide bonds. The van der Waals surface area contributed by atoms with Crippen molar-refractivity contribution in [1.82, 2.24) is 4.90 Å². The van der Waals surface area contributed by atoms with Gasteiger partial charge in [0.2, 0.25) is 0 Å². The first kappa shape index (κ1) is 30.5. The zero-order valence-electron chi connectivity index (χ0n) is 19.5. The normalized spacial score (nSPS) is 13.2. The largest absolute Gasteiger partial charge is 3.00 e. The first-order valence-electron chi connectivity index (χ1n) is 9.60. The van der Waals surface area contributed by atoms with Crippen LogP contribution < -0.4 is 0 Å². The van der Waals surface area contributed by atoms with Crippen molar-refractivity contribution in [2.75, 3.05) is 26.2 Å². The molecule has 0 heterocycles. The van der Waals surface area contributed by atoms with E-state index in [2.05, 4.69) is 98.0 Å². The topological polar surface area (TPSA) is 31.4 Å². The van der Waals surface area contributed by atoms with Gasteiger partial charge in [-0.25, -0.2) is 0 Å². The number of hydrogen-bond donors (Lipinski definition) is 0. The molecule has 0 aromatic rings. The average molecular weight is 433 g/mol. The third kappa shape index (κ3) is 18.0. The van der Waals surface area contributed by atoms with E-state index in [0.29, 0.717) is 5.04 Å². The molecule has 0 fully saturated rings. The monoisotopic (exact) mass is 432 g/mol. The van der Waals surface area contributed by atoms with Crippen molar-refractivity contribution < 1.29 is 16.8 Å². The van der Waals surface area contributed by atoms with Crippen LogP contribution >= 0.6 is 0 Å². The Kier molecular flexibility index (Phi) is 15.0. The Morgan fingerprint density at radius 1 is 0.800 bits per heavy atom. The minimum absolute atomic E-state index is 0. The van der Waals surface area contributed by atoms with Crippen molar-refractivity contribution in [3.63, 3.8) is 0 Å². The number of likely N-dealkylation sites (N-methyl/N-ethyl adjacent to an activating group) is 1. The molecule has 0 N–H and O–H groups in total. The minimum Gasteiger partial charge on any atom is -0.663 e. The zero-order chi connectivity index (χ0) is 19.8. The maximum absolute atomic E-state index is 4.96. The van der Waals surface area contributed by atoms with Gasteiger partial charge in [0.05, 0.1) is 0 Å². The van der Waals surface area contributed by atoms with Crippen LogP contribution in [0.1, 0.15) is 55.4 Å². The van der Waals surface area contributed by atoms with Gasteiger partial charge in [0.25, 0.3) is 0 Å². The molecule has 0 saturated carbocycles. The Morgan fingerprint density at radius 3 is 1.40 bits per heavy atom. The van der Waals surface area contributed by atoms with Crippen molar-refractivity contribution >= 4 is 16.5 Å². The van der Waals surface area contributed by atoms with E-state index in [4.69, 9.17) is 4.98 Å². The van der Waals surface area contributed by atoms with Crippen LogP contribution in [-0.2, 0) is 16.8 Å². The van der Waals surface area contributed by atoms with Gasteiger partial charge in [0.15, 0.2) is 0 Å². The van der Waals surface area contributed by atoms with Gasteiger partial charge in [-0.3, -0.25) is 0 Å². The molecule has 0 unspecified atom stereocenters. The molecule has 154 valence electrons. The summed E-state index contributed by atoms with van der Waals surface area (Å²) in [4.78, 5) is 12.1. The molecule has 0 radical (unpaired) electrons. The van der Waals surface area contributed by atoms with Gasteiger partial charge in [-0.05, 0) is 19.6 Å². The molecule has 3 nitrogen and oxygen atoms in total. The third-order valence-corrected chi connectivity index (χ3v) is 10.4. The summed E-state index contributed by atoms with van der Waals surface area (Å²) in [5.41, 5.74) is 0.171. The minimum atomic E-state index is -1.40. The Hall–Kier alpha value is 0.820. The van der Waals surface area contributed by atoms with E-state index in [1.807, 2.05) is 0 Å². The standard InChI is InChI=1S/C12H29N2Si.C7H18NSi.Co/c1-8-14(9-2)11-10-13-15(6,7)12(3,4)5;1-7(2,3)8-9(4,5)6;/h8-11H2,1-7H3;1-6H3;/q2*-1;+3. The maximum Gasteiger partial charge on any atom is 3.00 e. The van der Waals surface area contributed by atoms with E-state index in [0.717, 1.165) is 26.2 Å². The molecule has 6 heteroatoms. The van der Waals surface area contributed by atoms with Gasteiger partial charge in [-0.15, -0.1) is 12.1 Å². The van der Waals surface area contributed by atoms with Crippen LogP contribution in [0.4, 0.5) is 0 Å². The molecule has 0 bridgehead atoms. The fourth-order valence-electron chi connectivity index (χ4n) is 2.25. The Balaban J connectivity index is -0.000000418. The summed E-state index contributed by atoms with van der Waals surface area (Å²) in [5, 5.41) is 0.385. The fourth-order valence-corrected chi connectivity index (χ4v) is 5.40. The summed E-state index contributed by atoms with van der Waals surface area (Å²) in [6.45, 7) is 33.8. The van der Waals surface area contributed by atoms with Gasteiger partial charge >= 0.3 is 16.8 Å². The van der Waals surface area contributed by atoms with E-state index in [1.165, 1.54) is 0 Å². The third-order valence-electron chi connectivity index (χ3n) is 4.32. The Bertz CT molecular complexity index is 313. The van der Waals surface area contributed by atoms with Gasteiger partial charge in [-0.2, -0.15) is 0 Å². The Labute approximate surface area is 172 Å². The van der Waals surface area contributed by atoms with Gasteiger partial charge in [-0.1, -0.05) is 110 Å². The zero-order valence-corrected chi connectivity index (χ0v) is 22.5. The Morgan fingerprint density at radius 2 is 1.20 bits per heavy atom. The first-order chi connectivity index (χ1) is 10.4. The van der Waals surface area contributed by atoms with Crippen molar-refractivity contribution in [3.05, 3.63) is 9.96 Å². The smallest absolute Gasteiger partial charge is 0.663 e. The second-order valence-corrected chi connectivity index (χ2v) is 19.7. The first-order valence-corrected chi connectivity index (χ1v) is 16.0. The summed E-state index contributed by atoms with van der Waals surface area (Å²) in [5.74, 6) is 0. The summed E-state index contributed by atoms with van der Waals surface area (Å²) in [6, 6.07) is 0. The van der Waals surface area contributed by atoms with Crippen LogP contribution in [0.3, 0.4) is 0 Å². The summed E-state index contributed by atoms with van der Waals surface area (Å²) in [6.07, 6.45) is 0. The van der Waals surface area contributed by atoms with E-state index in [1.54, 1.807) is 0 Å². The van der Waals surface area contributed by atoms with Gasteiger partial charge in [0.1, 0.15) is 0 Å². The quantitative estimate of drug-likeness (QED) is 0.412. The molecule has 0 rings (SSSR count). The summed E-state index contributed by atoms with van der Waals surface area (Å²) < 4.78 is 0. The van der Waals surface area contributed by atoms with Gasteiger partial charge < -0.3 is 14.9 Å². The molecule has 0 spiro atoms. The molecule has 0 atom stereocenters. The van der Waals surface area contributed by atoms with Crippen molar-refractivity contribution in [2.45, 2.75) is 98.7 Å². The fraction of sp³-hybridized carbons (Fsp3) is 1.00. The molecule has 0 aliphatic rings. The predicted octanol–water partition coefficient (Wildman–Crippen LogP) is 6.70. The average Bonchev–Trinajstić information content (AvgIpc) is 2.29. The van der Waals surface area contributed by atoms with Crippen LogP contribution in [0.25, 0.3) is 9.96 Å². The van der Waals surface area contributed by atoms with E-state index >= 15 is 0 Å². The van der Waals surface area contributed by atoms with Crippen molar-refractivity contribution in [1.29, 1.82) is 0 Å². The van der Waals surface area contributed by atoms with Crippen LogP contribution in [0.15, 0.2) is 0 Å². The second-order valence-electron chi connectivity index (χ2n) is 10.2. The number of nitrogens with zero attached hydrogens (tertiary/aromatic N) is 3. The SMILES string of the molecule is CC(C)(C)[N-][Si](C)(C)C.CCN(CC)CC[N-][Si](C)(C)C(C)(C)C.[Co+3]. The molecule has 0 aromatic heterocycles. The molecule has 0 saturated heterocycles. The second kappa shape index (κ2) is 12.3. The molecular formula is C19H47CoN3Si2+. The van der Waals surface area contributed by atoms with Gasteiger partial charge in [0, 0.05) is 0 Å². The molecule has 0 aliphatic carbocycles. The molecular weight excluding hydrogens is 385 g/mol. The van der Waals surface area contributed by atoms with Crippen molar-refractivity contribution in [2.24, 2.45) is 0 Å². The van der Waals surface area contributed by atoms with Crippen LogP contribution in [0.2, 0.25) is 37.8 Å². The van der Waals surface area contributed by atoms with E-state index in [9.17, 15) is 0 Å². The molecule has 25 heavy (non-hydrogen) atoms. The van der Waals surface area contributed by atoms with E-state index in [-0.39, 0.29) is 22.3 Å². The summed E-state index contributed by atoms with van der Waals surface area (Å²) >= 11 is 0. The number of hydrogen-bond acceptors (Lipinski definition) is 1. The number of rotatable bonds is 7. The van der Waals surface area contributed by atoms with Crippen LogP contribution in [-0.4, -0.2) is 53.1 Å². The molecule has 0 aliphatic heterocycles. The maximum atomic E-state index is 4.96.